The summed E-state index contributed by atoms with van der Waals surface area (Å²) in [5.41, 5.74) is 3.82. The number of hydrogen-bond donors (Lipinski definition) is 1. The maximum Gasteiger partial charge on any atom is 0.106 e. The van der Waals surface area contributed by atoms with Gasteiger partial charge in [0.25, 0.3) is 0 Å². The van der Waals surface area contributed by atoms with Crippen LogP contribution in [0, 0.1) is 13.8 Å². The maximum atomic E-state index is 8.00. The Morgan fingerprint density at radius 2 is 1.72 bits per heavy atom. The number of rotatable bonds is 4. The summed E-state index contributed by atoms with van der Waals surface area (Å²) in [5, 5.41) is 3.39. The number of carbonyl (C=O) groups is 2. The average molecular weight is 314 g/mol. The van der Waals surface area contributed by atoms with Gasteiger partial charge in [-0.3, -0.25) is 0 Å². The molecule has 4 heteroatoms. The van der Waals surface area contributed by atoms with Crippen LogP contribution in [0.15, 0.2) is 29.3 Å². The number of carbonyl (C=O) groups excluding carboxylic acids is 2. The third-order valence-electron chi connectivity index (χ3n) is 2.38. The van der Waals surface area contributed by atoms with Gasteiger partial charge in [-0.25, -0.2) is 0 Å². The van der Waals surface area contributed by atoms with Crippen LogP contribution in [0.4, 0.5) is 5.69 Å². The third-order valence-corrected chi connectivity index (χ3v) is 3.24. The highest BCUT2D eigenvalue weighted by molar-refractivity contribution is 9.10. The molecule has 0 atom stereocenters. The summed E-state index contributed by atoms with van der Waals surface area (Å²) in [4.78, 5) is 16.0. The van der Waals surface area contributed by atoms with E-state index in [0.717, 1.165) is 13.0 Å². The van der Waals surface area contributed by atoms with Crippen molar-refractivity contribution >= 4 is 35.2 Å². The van der Waals surface area contributed by atoms with E-state index in [2.05, 4.69) is 53.8 Å². The van der Waals surface area contributed by atoms with E-state index in [-0.39, 0.29) is 0 Å². The number of benzene rings is 1. The SMILES string of the molecule is C=CCCNc1ccc(Br)c(C)c1C.C=O.C=O. The lowest BCUT2D eigenvalue weighted by Gasteiger charge is -2.11. The Bertz CT molecular complexity index is 365. The van der Waals surface area contributed by atoms with Crippen molar-refractivity contribution in [3.8, 4) is 0 Å². The molecule has 0 heterocycles. The van der Waals surface area contributed by atoms with Crippen LogP contribution in [0.3, 0.4) is 0 Å². The molecule has 1 N–H and O–H groups in total. The van der Waals surface area contributed by atoms with Gasteiger partial charge in [0.05, 0.1) is 0 Å². The zero-order valence-corrected chi connectivity index (χ0v) is 12.5. The molecule has 0 amide bonds. The van der Waals surface area contributed by atoms with E-state index < -0.39 is 0 Å². The second-order valence-corrected chi connectivity index (χ2v) is 4.20. The van der Waals surface area contributed by atoms with Gasteiger partial charge < -0.3 is 14.9 Å². The summed E-state index contributed by atoms with van der Waals surface area (Å²) >= 11 is 3.52. The van der Waals surface area contributed by atoms with E-state index in [1.54, 1.807) is 0 Å². The van der Waals surface area contributed by atoms with Crippen LogP contribution in [0.5, 0.6) is 0 Å². The fraction of sp³-hybridized carbons (Fsp3) is 0.286. The lowest BCUT2D eigenvalue weighted by atomic mass is 10.1. The van der Waals surface area contributed by atoms with Crippen molar-refractivity contribution in [3.05, 3.63) is 40.4 Å². The van der Waals surface area contributed by atoms with Gasteiger partial charge in [-0.15, -0.1) is 6.58 Å². The van der Waals surface area contributed by atoms with Crippen molar-refractivity contribution in [2.24, 2.45) is 0 Å². The molecule has 0 fully saturated rings. The fourth-order valence-corrected chi connectivity index (χ4v) is 1.72. The van der Waals surface area contributed by atoms with Crippen molar-refractivity contribution < 1.29 is 9.59 Å². The Morgan fingerprint density at radius 3 is 2.22 bits per heavy atom. The summed E-state index contributed by atoms with van der Waals surface area (Å²) in [5.74, 6) is 0. The minimum absolute atomic E-state index is 0.950. The molecule has 0 aliphatic heterocycles. The lowest BCUT2D eigenvalue weighted by Crippen LogP contribution is -2.02. The Balaban J connectivity index is 0. The van der Waals surface area contributed by atoms with Crippen LogP contribution in [0.25, 0.3) is 0 Å². The Hall–Kier alpha value is -1.42. The first-order chi connectivity index (χ1) is 8.66. The molecule has 18 heavy (non-hydrogen) atoms. The van der Waals surface area contributed by atoms with Gasteiger partial charge in [0.1, 0.15) is 13.6 Å². The van der Waals surface area contributed by atoms with Crippen LogP contribution < -0.4 is 5.32 Å². The Labute approximate surface area is 117 Å². The van der Waals surface area contributed by atoms with Crippen molar-refractivity contribution in [2.45, 2.75) is 20.3 Å². The molecule has 0 spiro atoms. The zero-order chi connectivity index (χ0) is 14.6. The van der Waals surface area contributed by atoms with Crippen LogP contribution in [0.1, 0.15) is 17.5 Å². The van der Waals surface area contributed by atoms with Gasteiger partial charge in [0, 0.05) is 16.7 Å². The number of hydrogen-bond acceptors (Lipinski definition) is 3. The lowest BCUT2D eigenvalue weighted by molar-refractivity contribution is -0.0987. The molecule has 0 aromatic heterocycles. The second-order valence-electron chi connectivity index (χ2n) is 3.35. The Morgan fingerprint density at radius 1 is 1.17 bits per heavy atom. The molecule has 1 aromatic rings. The van der Waals surface area contributed by atoms with E-state index in [4.69, 9.17) is 9.59 Å². The maximum absolute atomic E-state index is 8.00. The molecule has 0 aliphatic rings. The molecule has 0 aliphatic carbocycles. The molecule has 1 aromatic carbocycles. The van der Waals surface area contributed by atoms with Gasteiger partial charge in [0.2, 0.25) is 0 Å². The first kappa shape index (κ1) is 18.9. The van der Waals surface area contributed by atoms with Gasteiger partial charge in [-0.2, -0.15) is 0 Å². The summed E-state index contributed by atoms with van der Waals surface area (Å²) in [7, 11) is 0. The second kappa shape index (κ2) is 12.0. The van der Waals surface area contributed by atoms with Crippen LogP contribution in [-0.4, -0.2) is 20.1 Å². The number of halogens is 1. The molecule has 0 saturated heterocycles. The predicted molar refractivity (Wildman–Crippen MR) is 81.2 cm³/mol. The van der Waals surface area contributed by atoms with Crippen LogP contribution in [-0.2, 0) is 9.59 Å². The summed E-state index contributed by atoms with van der Waals surface area (Å²) in [6, 6.07) is 4.19. The molecule has 1 rings (SSSR count). The van der Waals surface area contributed by atoms with E-state index in [1.165, 1.54) is 21.3 Å². The van der Waals surface area contributed by atoms with Crippen LogP contribution >= 0.6 is 15.9 Å². The monoisotopic (exact) mass is 313 g/mol. The van der Waals surface area contributed by atoms with Crippen LogP contribution in [0.2, 0.25) is 0 Å². The topological polar surface area (TPSA) is 46.2 Å². The number of anilines is 1. The minimum atomic E-state index is 0.950. The summed E-state index contributed by atoms with van der Waals surface area (Å²) < 4.78 is 1.17. The first-order valence-corrected chi connectivity index (χ1v) is 6.14. The minimum Gasteiger partial charge on any atom is -0.385 e. The molecule has 0 saturated carbocycles. The van der Waals surface area contributed by atoms with Crippen molar-refractivity contribution in [1.29, 1.82) is 0 Å². The zero-order valence-electron chi connectivity index (χ0n) is 11.0. The summed E-state index contributed by atoms with van der Waals surface area (Å²) in [6.07, 6.45) is 2.92. The number of nitrogens with one attached hydrogen (secondary N) is 1. The van der Waals surface area contributed by atoms with Gasteiger partial charge in [-0.05, 0) is 43.5 Å². The van der Waals surface area contributed by atoms with Gasteiger partial charge in [-0.1, -0.05) is 22.0 Å². The molecule has 0 unspecified atom stereocenters. The van der Waals surface area contributed by atoms with E-state index in [0.29, 0.717) is 0 Å². The highest BCUT2D eigenvalue weighted by Gasteiger charge is 2.02. The molecule has 0 bridgehead atoms. The standard InChI is InChI=1S/C12H16BrN.2CH2O/c1-4-5-8-14-12-7-6-11(13)9(2)10(12)3;2*1-2/h4,6-7,14H,1,5,8H2,2-3H3;2*1H2. The van der Waals surface area contributed by atoms with Crippen molar-refractivity contribution in [1.82, 2.24) is 0 Å². The molecule has 3 nitrogen and oxygen atoms in total. The fourth-order valence-electron chi connectivity index (χ4n) is 1.29. The van der Waals surface area contributed by atoms with Gasteiger partial charge in [0.15, 0.2) is 0 Å². The van der Waals surface area contributed by atoms with Crippen molar-refractivity contribution in [3.63, 3.8) is 0 Å². The highest BCUT2D eigenvalue weighted by atomic mass is 79.9. The smallest absolute Gasteiger partial charge is 0.106 e. The van der Waals surface area contributed by atoms with E-state index in [1.807, 2.05) is 19.7 Å². The quantitative estimate of drug-likeness (QED) is 0.681. The first-order valence-electron chi connectivity index (χ1n) is 5.35. The summed E-state index contributed by atoms with van der Waals surface area (Å²) in [6.45, 7) is 12.9. The largest absolute Gasteiger partial charge is 0.385 e. The Kier molecular flexibility index (Phi) is 12.7. The molecule has 0 radical (unpaired) electrons. The van der Waals surface area contributed by atoms with E-state index in [9.17, 15) is 0 Å². The average Bonchev–Trinajstić information content (AvgIpc) is 2.43. The predicted octanol–water partition coefficient (Wildman–Crippen LogP) is 3.68. The van der Waals surface area contributed by atoms with Crippen molar-refractivity contribution in [2.75, 3.05) is 11.9 Å². The molecule has 100 valence electrons. The third kappa shape index (κ3) is 6.35. The molecular weight excluding hydrogens is 294 g/mol. The normalized spacial score (nSPS) is 8.17. The highest BCUT2D eigenvalue weighted by Crippen LogP contribution is 2.25. The van der Waals surface area contributed by atoms with E-state index >= 15 is 0 Å². The molecular formula is C14H20BrNO2. The van der Waals surface area contributed by atoms with Gasteiger partial charge >= 0.3 is 0 Å².